The smallest absolute Gasteiger partial charge is 0.323 e. The van der Waals surface area contributed by atoms with Crippen molar-refractivity contribution in [1.82, 2.24) is 0 Å². The monoisotopic (exact) mass is 300 g/mol. The van der Waals surface area contributed by atoms with Gasteiger partial charge in [-0.15, -0.1) is 0 Å². The number of benzene rings is 2. The molecule has 6 nitrogen and oxygen atoms in total. The zero-order chi connectivity index (χ0) is 15.4. The highest BCUT2D eigenvalue weighted by Gasteiger charge is 2.12. The van der Waals surface area contributed by atoms with Crippen molar-refractivity contribution in [2.24, 2.45) is 0 Å². The van der Waals surface area contributed by atoms with Crippen molar-refractivity contribution in [3.05, 3.63) is 42.5 Å². The van der Waals surface area contributed by atoms with E-state index in [-0.39, 0.29) is 6.03 Å². The predicted octanol–water partition coefficient (Wildman–Crippen LogP) is 3.11. The Morgan fingerprint density at radius 1 is 1.00 bits per heavy atom. The Balaban J connectivity index is 1.66. The summed E-state index contributed by atoms with van der Waals surface area (Å²) in [5.41, 5.74) is 1.28. The molecule has 2 N–H and O–H groups in total. The molecular weight excluding hydrogens is 284 g/mol. The molecule has 6 heteroatoms. The number of hydrogen-bond acceptors (Lipinski definition) is 4. The Bertz CT molecular complexity index is 688. The summed E-state index contributed by atoms with van der Waals surface area (Å²) >= 11 is 0. The number of methoxy groups -OCH3 is 1. The van der Waals surface area contributed by atoms with Crippen LogP contribution in [0.4, 0.5) is 16.2 Å². The van der Waals surface area contributed by atoms with E-state index in [1.165, 1.54) is 0 Å². The Morgan fingerprint density at radius 2 is 1.73 bits per heavy atom. The van der Waals surface area contributed by atoms with Gasteiger partial charge in [-0.2, -0.15) is 0 Å². The summed E-state index contributed by atoms with van der Waals surface area (Å²) in [5, 5.41) is 5.49. The molecule has 0 spiro atoms. The van der Waals surface area contributed by atoms with Gasteiger partial charge in [-0.3, -0.25) is 0 Å². The molecule has 1 aliphatic heterocycles. The van der Waals surface area contributed by atoms with Gasteiger partial charge in [0.2, 0.25) is 0 Å². The summed E-state index contributed by atoms with van der Waals surface area (Å²) in [7, 11) is 1.58. The second-order valence-electron chi connectivity index (χ2n) is 4.67. The van der Waals surface area contributed by atoms with Crippen LogP contribution >= 0.6 is 0 Å². The molecule has 2 aromatic carbocycles. The van der Waals surface area contributed by atoms with Crippen LogP contribution in [-0.2, 0) is 0 Å². The molecule has 0 aromatic heterocycles. The summed E-state index contributed by atoms with van der Waals surface area (Å²) in [5.74, 6) is 1.99. The number of urea groups is 1. The van der Waals surface area contributed by atoms with Gasteiger partial charge in [-0.05, 0) is 24.3 Å². The molecule has 1 heterocycles. The molecule has 0 unspecified atom stereocenters. The van der Waals surface area contributed by atoms with Gasteiger partial charge in [-0.25, -0.2) is 4.79 Å². The molecule has 0 fully saturated rings. The molecule has 2 amide bonds. The molecule has 22 heavy (non-hydrogen) atoms. The molecule has 2 aromatic rings. The van der Waals surface area contributed by atoms with Crippen molar-refractivity contribution in [2.75, 3.05) is 31.0 Å². The van der Waals surface area contributed by atoms with Gasteiger partial charge < -0.3 is 24.8 Å². The molecule has 0 atom stereocenters. The summed E-state index contributed by atoms with van der Waals surface area (Å²) < 4.78 is 16.0. The Labute approximate surface area is 128 Å². The number of hydrogen-bond donors (Lipinski definition) is 2. The molecule has 114 valence electrons. The lowest BCUT2D eigenvalue weighted by Crippen LogP contribution is -2.20. The van der Waals surface area contributed by atoms with Crippen LogP contribution in [0.15, 0.2) is 42.5 Å². The third-order valence-corrected chi connectivity index (χ3v) is 3.13. The summed E-state index contributed by atoms with van der Waals surface area (Å²) in [6.45, 7) is 1.04. The van der Waals surface area contributed by atoms with E-state index >= 15 is 0 Å². The fourth-order valence-corrected chi connectivity index (χ4v) is 2.12. The van der Waals surface area contributed by atoms with Crippen LogP contribution in [-0.4, -0.2) is 26.4 Å². The van der Waals surface area contributed by atoms with E-state index in [9.17, 15) is 4.79 Å². The largest absolute Gasteiger partial charge is 0.497 e. The SMILES string of the molecule is COc1cccc(NC(=O)Nc2ccc3c(c2)OCCO3)c1. The van der Waals surface area contributed by atoms with E-state index in [1.807, 2.05) is 6.07 Å². The topological polar surface area (TPSA) is 68.8 Å². The third-order valence-electron chi connectivity index (χ3n) is 3.13. The third kappa shape index (κ3) is 3.22. The number of ether oxygens (including phenoxy) is 3. The minimum absolute atomic E-state index is 0.343. The first-order chi connectivity index (χ1) is 10.7. The number of rotatable bonds is 3. The van der Waals surface area contributed by atoms with Crippen LogP contribution in [0.5, 0.6) is 17.2 Å². The van der Waals surface area contributed by atoms with E-state index in [1.54, 1.807) is 43.5 Å². The average molecular weight is 300 g/mol. The molecule has 0 radical (unpaired) electrons. The molecule has 0 saturated heterocycles. The highest BCUT2D eigenvalue weighted by molar-refractivity contribution is 6.00. The first-order valence-electron chi connectivity index (χ1n) is 6.86. The average Bonchev–Trinajstić information content (AvgIpc) is 2.55. The number of anilines is 2. The van der Waals surface area contributed by atoms with Gasteiger partial charge >= 0.3 is 6.03 Å². The summed E-state index contributed by atoms with van der Waals surface area (Å²) in [6.07, 6.45) is 0. The number of amides is 2. The highest BCUT2D eigenvalue weighted by atomic mass is 16.6. The quantitative estimate of drug-likeness (QED) is 0.914. The maximum atomic E-state index is 12.0. The van der Waals surface area contributed by atoms with Gasteiger partial charge in [0.15, 0.2) is 11.5 Å². The maximum Gasteiger partial charge on any atom is 0.323 e. The Hall–Kier alpha value is -2.89. The first kappa shape index (κ1) is 14.1. The maximum absolute atomic E-state index is 12.0. The summed E-state index contributed by atoms with van der Waals surface area (Å²) in [4.78, 5) is 12.0. The standard InChI is InChI=1S/C16H16N2O4/c1-20-13-4-2-3-11(9-13)17-16(19)18-12-5-6-14-15(10-12)22-8-7-21-14/h2-6,9-10H,7-8H2,1H3,(H2,17,18,19). The number of fused-ring (bicyclic) bond motifs is 1. The first-order valence-corrected chi connectivity index (χ1v) is 6.86. The zero-order valence-corrected chi connectivity index (χ0v) is 12.1. The lowest BCUT2D eigenvalue weighted by molar-refractivity contribution is 0.171. The van der Waals surface area contributed by atoms with E-state index in [4.69, 9.17) is 14.2 Å². The van der Waals surface area contributed by atoms with Gasteiger partial charge in [-0.1, -0.05) is 6.07 Å². The van der Waals surface area contributed by atoms with E-state index < -0.39 is 0 Å². The Morgan fingerprint density at radius 3 is 2.50 bits per heavy atom. The fourth-order valence-electron chi connectivity index (χ4n) is 2.12. The fraction of sp³-hybridized carbons (Fsp3) is 0.188. The van der Waals surface area contributed by atoms with E-state index in [0.29, 0.717) is 41.8 Å². The molecule has 1 aliphatic rings. The normalized spacial score (nSPS) is 12.4. The highest BCUT2D eigenvalue weighted by Crippen LogP contribution is 2.32. The second kappa shape index (κ2) is 6.26. The molecule has 0 aliphatic carbocycles. The second-order valence-corrected chi connectivity index (χ2v) is 4.67. The van der Waals surface area contributed by atoms with Crippen LogP contribution in [0.2, 0.25) is 0 Å². The van der Waals surface area contributed by atoms with Crippen molar-refractivity contribution in [3.63, 3.8) is 0 Å². The van der Waals surface area contributed by atoms with Crippen molar-refractivity contribution < 1.29 is 19.0 Å². The van der Waals surface area contributed by atoms with Gasteiger partial charge in [0.25, 0.3) is 0 Å². The van der Waals surface area contributed by atoms with E-state index in [2.05, 4.69) is 10.6 Å². The lowest BCUT2D eigenvalue weighted by Gasteiger charge is -2.19. The molecule has 3 rings (SSSR count). The number of nitrogens with one attached hydrogen (secondary N) is 2. The minimum atomic E-state index is -0.343. The van der Waals surface area contributed by atoms with Crippen molar-refractivity contribution in [1.29, 1.82) is 0 Å². The van der Waals surface area contributed by atoms with Crippen LogP contribution in [0, 0.1) is 0 Å². The van der Waals surface area contributed by atoms with Crippen molar-refractivity contribution in [2.45, 2.75) is 0 Å². The van der Waals surface area contributed by atoms with Crippen LogP contribution in [0.25, 0.3) is 0 Å². The minimum Gasteiger partial charge on any atom is -0.497 e. The van der Waals surface area contributed by atoms with Crippen molar-refractivity contribution >= 4 is 17.4 Å². The van der Waals surface area contributed by atoms with Crippen LogP contribution in [0.3, 0.4) is 0 Å². The predicted molar refractivity (Wildman–Crippen MR) is 83.1 cm³/mol. The molecule has 0 bridgehead atoms. The van der Waals surface area contributed by atoms with Gasteiger partial charge in [0.1, 0.15) is 19.0 Å². The van der Waals surface area contributed by atoms with Crippen molar-refractivity contribution in [3.8, 4) is 17.2 Å². The van der Waals surface area contributed by atoms with Crippen LogP contribution < -0.4 is 24.8 Å². The zero-order valence-electron chi connectivity index (χ0n) is 12.1. The van der Waals surface area contributed by atoms with Gasteiger partial charge in [0, 0.05) is 23.5 Å². The Kier molecular flexibility index (Phi) is 4.00. The molecule has 0 saturated carbocycles. The molecular formula is C16H16N2O4. The summed E-state index contributed by atoms with van der Waals surface area (Å²) in [6, 6.07) is 12.1. The van der Waals surface area contributed by atoms with E-state index in [0.717, 1.165) is 0 Å². The lowest BCUT2D eigenvalue weighted by atomic mass is 10.2. The van der Waals surface area contributed by atoms with Crippen LogP contribution in [0.1, 0.15) is 0 Å². The number of carbonyl (C=O) groups is 1. The van der Waals surface area contributed by atoms with Gasteiger partial charge in [0.05, 0.1) is 7.11 Å². The number of carbonyl (C=O) groups excluding carboxylic acids is 1.